The molecule has 1 N–H and O–H groups in total. The Bertz CT molecular complexity index is 1330. The molecule has 0 aliphatic carbocycles. The van der Waals surface area contributed by atoms with Crippen molar-refractivity contribution in [3.8, 4) is 11.1 Å². The van der Waals surface area contributed by atoms with E-state index < -0.39 is 22.3 Å². The summed E-state index contributed by atoms with van der Waals surface area (Å²) in [5.41, 5.74) is 3.85. The van der Waals surface area contributed by atoms with Gasteiger partial charge in [-0.2, -0.15) is 0 Å². The maximum Gasteiger partial charge on any atom is 0.279 e. The summed E-state index contributed by atoms with van der Waals surface area (Å²) in [5.74, 6) is -1.12. The molecular formula is C26H21FN4O3. The van der Waals surface area contributed by atoms with E-state index >= 15 is 0 Å². The number of nitrogens with one attached hydrogen (secondary N) is 1. The van der Waals surface area contributed by atoms with Crippen LogP contribution in [0.4, 0.5) is 10.1 Å². The molecule has 34 heavy (non-hydrogen) atoms. The van der Waals surface area contributed by atoms with E-state index in [9.17, 15) is 19.3 Å². The lowest BCUT2D eigenvalue weighted by atomic mass is 9.98. The van der Waals surface area contributed by atoms with Gasteiger partial charge in [0, 0.05) is 31.6 Å². The molecule has 0 aliphatic rings. The van der Waals surface area contributed by atoms with E-state index in [0.29, 0.717) is 0 Å². The molecule has 170 valence electrons. The van der Waals surface area contributed by atoms with Gasteiger partial charge in [0.25, 0.3) is 5.69 Å². The molecule has 0 saturated heterocycles. The molecule has 0 fully saturated rings. The molecule has 7 nitrogen and oxygen atoms in total. The fourth-order valence-corrected chi connectivity index (χ4v) is 3.56. The summed E-state index contributed by atoms with van der Waals surface area (Å²) in [6.07, 6.45) is 7.93. The highest BCUT2D eigenvalue weighted by molar-refractivity contribution is 5.92. The molecule has 0 unspecified atom stereocenters. The topological polar surface area (TPSA) is 90.1 Å². The number of amides is 1. The zero-order valence-electron chi connectivity index (χ0n) is 18.1. The van der Waals surface area contributed by atoms with Crippen LogP contribution in [0.2, 0.25) is 0 Å². The number of hydrogen-bond donors (Lipinski definition) is 1. The number of imidazole rings is 1. The molecule has 0 saturated carbocycles. The Morgan fingerprint density at radius 1 is 1.12 bits per heavy atom. The van der Waals surface area contributed by atoms with Gasteiger partial charge in [-0.1, -0.05) is 48.5 Å². The van der Waals surface area contributed by atoms with Crippen molar-refractivity contribution >= 4 is 17.7 Å². The standard InChI is InChI=1S/C26H21FN4O3/c27-23-11-9-21(25(15-23)31(33)34)10-12-26(32)29-16-22-3-1-2-4-24(22)20-7-5-19(6-8-20)17-30-14-13-28-18-30/h1-15,18H,16-17H2,(H,29,32)/b12-10+. The highest BCUT2D eigenvalue weighted by Gasteiger charge is 2.13. The first-order valence-electron chi connectivity index (χ1n) is 10.5. The van der Waals surface area contributed by atoms with Crippen molar-refractivity contribution in [1.82, 2.24) is 14.9 Å². The quantitative estimate of drug-likeness (QED) is 0.230. The maximum absolute atomic E-state index is 13.3. The molecule has 0 bridgehead atoms. The third kappa shape index (κ3) is 5.60. The van der Waals surface area contributed by atoms with Crippen LogP contribution in [-0.4, -0.2) is 20.4 Å². The first-order valence-corrected chi connectivity index (χ1v) is 10.5. The zero-order chi connectivity index (χ0) is 23.9. The number of nitro benzene ring substituents is 1. The second kappa shape index (κ2) is 10.4. The van der Waals surface area contributed by atoms with Gasteiger partial charge in [-0.25, -0.2) is 9.37 Å². The zero-order valence-corrected chi connectivity index (χ0v) is 18.1. The number of halogens is 1. The predicted molar refractivity (Wildman–Crippen MR) is 127 cm³/mol. The first kappa shape index (κ1) is 22.6. The minimum absolute atomic E-state index is 0.151. The Morgan fingerprint density at radius 3 is 2.65 bits per heavy atom. The van der Waals surface area contributed by atoms with Crippen molar-refractivity contribution < 1.29 is 14.1 Å². The number of carbonyl (C=O) groups is 1. The van der Waals surface area contributed by atoms with Crippen LogP contribution in [0.15, 0.2) is 91.5 Å². The van der Waals surface area contributed by atoms with Crippen LogP contribution in [0.25, 0.3) is 17.2 Å². The molecule has 0 atom stereocenters. The molecule has 3 aromatic carbocycles. The first-order chi connectivity index (χ1) is 16.5. The van der Waals surface area contributed by atoms with E-state index in [2.05, 4.69) is 22.4 Å². The Kier molecular flexibility index (Phi) is 6.88. The number of nitro groups is 1. The van der Waals surface area contributed by atoms with Crippen molar-refractivity contribution in [2.75, 3.05) is 0 Å². The van der Waals surface area contributed by atoms with Crippen molar-refractivity contribution in [2.45, 2.75) is 13.1 Å². The summed E-state index contributed by atoms with van der Waals surface area (Å²) in [6, 6.07) is 19.2. The number of benzene rings is 3. The van der Waals surface area contributed by atoms with Crippen LogP contribution in [0, 0.1) is 15.9 Å². The summed E-state index contributed by atoms with van der Waals surface area (Å²) in [4.78, 5) is 26.8. The Labute approximate surface area is 195 Å². The summed E-state index contributed by atoms with van der Waals surface area (Å²) in [7, 11) is 0. The van der Waals surface area contributed by atoms with Gasteiger partial charge < -0.3 is 9.88 Å². The Balaban J connectivity index is 1.43. The van der Waals surface area contributed by atoms with Gasteiger partial charge in [-0.15, -0.1) is 0 Å². The Hall–Kier alpha value is -4.59. The van der Waals surface area contributed by atoms with E-state index in [-0.39, 0.29) is 12.1 Å². The van der Waals surface area contributed by atoms with Crippen molar-refractivity contribution in [3.63, 3.8) is 0 Å². The fourth-order valence-electron chi connectivity index (χ4n) is 3.56. The van der Waals surface area contributed by atoms with E-state index in [0.717, 1.165) is 40.9 Å². The lowest BCUT2D eigenvalue weighted by Crippen LogP contribution is -2.20. The molecule has 1 heterocycles. The fraction of sp³-hybridized carbons (Fsp3) is 0.0769. The molecular weight excluding hydrogens is 435 g/mol. The van der Waals surface area contributed by atoms with Gasteiger partial charge in [0.15, 0.2) is 0 Å². The van der Waals surface area contributed by atoms with Crippen LogP contribution in [-0.2, 0) is 17.9 Å². The normalized spacial score (nSPS) is 11.0. The number of hydrogen-bond acceptors (Lipinski definition) is 4. The summed E-state index contributed by atoms with van der Waals surface area (Å²) in [6.45, 7) is 1.01. The number of rotatable bonds is 8. The van der Waals surface area contributed by atoms with Gasteiger partial charge in [-0.05, 0) is 40.5 Å². The minimum Gasteiger partial charge on any atom is -0.348 e. The van der Waals surface area contributed by atoms with E-state index in [1.165, 1.54) is 18.2 Å². The maximum atomic E-state index is 13.3. The van der Waals surface area contributed by atoms with Crippen LogP contribution >= 0.6 is 0 Å². The van der Waals surface area contributed by atoms with Crippen LogP contribution in [0.1, 0.15) is 16.7 Å². The molecule has 0 radical (unpaired) electrons. The molecule has 0 aliphatic heterocycles. The largest absolute Gasteiger partial charge is 0.348 e. The number of aromatic nitrogens is 2. The highest BCUT2D eigenvalue weighted by atomic mass is 19.1. The lowest BCUT2D eigenvalue weighted by molar-refractivity contribution is -0.385. The monoisotopic (exact) mass is 456 g/mol. The van der Waals surface area contributed by atoms with Crippen molar-refractivity contribution in [1.29, 1.82) is 0 Å². The predicted octanol–water partition coefficient (Wildman–Crippen LogP) is 4.98. The van der Waals surface area contributed by atoms with Crippen LogP contribution in [0.3, 0.4) is 0 Å². The lowest BCUT2D eigenvalue weighted by Gasteiger charge is -2.11. The summed E-state index contributed by atoms with van der Waals surface area (Å²) < 4.78 is 15.3. The molecule has 1 aromatic heterocycles. The third-order valence-corrected chi connectivity index (χ3v) is 5.26. The van der Waals surface area contributed by atoms with Gasteiger partial charge in [0.05, 0.1) is 22.9 Å². The van der Waals surface area contributed by atoms with Gasteiger partial charge in [0.1, 0.15) is 5.82 Å². The average molecular weight is 456 g/mol. The summed E-state index contributed by atoms with van der Waals surface area (Å²) in [5, 5.41) is 13.9. The van der Waals surface area contributed by atoms with E-state index in [4.69, 9.17) is 0 Å². The summed E-state index contributed by atoms with van der Waals surface area (Å²) >= 11 is 0. The third-order valence-electron chi connectivity index (χ3n) is 5.26. The van der Waals surface area contributed by atoms with Crippen LogP contribution < -0.4 is 5.32 Å². The SMILES string of the molecule is O=C(/C=C/c1ccc(F)cc1[N+](=O)[O-])NCc1ccccc1-c1ccc(Cn2ccnc2)cc1. The second-order valence-electron chi connectivity index (χ2n) is 7.60. The molecule has 8 heteroatoms. The highest BCUT2D eigenvalue weighted by Crippen LogP contribution is 2.25. The van der Waals surface area contributed by atoms with Gasteiger partial charge >= 0.3 is 0 Å². The molecule has 0 spiro atoms. The van der Waals surface area contributed by atoms with E-state index in [1.54, 1.807) is 12.5 Å². The van der Waals surface area contributed by atoms with Crippen molar-refractivity contribution in [3.05, 3.63) is 124 Å². The average Bonchev–Trinajstić information content (AvgIpc) is 3.35. The van der Waals surface area contributed by atoms with Crippen molar-refractivity contribution in [2.24, 2.45) is 0 Å². The van der Waals surface area contributed by atoms with Crippen LogP contribution in [0.5, 0.6) is 0 Å². The molecule has 4 aromatic rings. The van der Waals surface area contributed by atoms with E-state index in [1.807, 2.05) is 47.2 Å². The number of carbonyl (C=O) groups excluding carboxylic acids is 1. The molecule has 4 rings (SSSR count). The minimum atomic E-state index is -0.709. The number of nitrogens with zero attached hydrogens (tertiary/aromatic N) is 3. The van der Waals surface area contributed by atoms with Gasteiger partial charge in [0.2, 0.25) is 5.91 Å². The van der Waals surface area contributed by atoms with Gasteiger partial charge in [-0.3, -0.25) is 14.9 Å². The second-order valence-corrected chi connectivity index (χ2v) is 7.60. The Morgan fingerprint density at radius 2 is 1.91 bits per heavy atom. The molecule has 1 amide bonds. The smallest absolute Gasteiger partial charge is 0.279 e.